The van der Waals surface area contributed by atoms with Crippen molar-refractivity contribution in [3.05, 3.63) is 31.7 Å². The summed E-state index contributed by atoms with van der Waals surface area (Å²) in [5, 5.41) is 11.0. The van der Waals surface area contributed by atoms with Crippen LogP contribution in [0.1, 0.15) is 26.3 Å². The number of aliphatic imine (C=N–C) groups is 1. The van der Waals surface area contributed by atoms with E-state index in [1.165, 1.54) is 4.88 Å². The first-order valence-corrected chi connectivity index (χ1v) is 9.06. The molecule has 0 radical (unpaired) electrons. The Kier molecular flexibility index (Phi) is 6.33. The molecule has 0 spiro atoms. The Labute approximate surface area is 139 Å². The highest BCUT2D eigenvalue weighted by atomic mass is 32.1. The first-order valence-electron chi connectivity index (χ1n) is 7.37. The third-order valence-corrected chi connectivity index (χ3v) is 5.16. The molecule has 0 amide bonds. The van der Waals surface area contributed by atoms with Crippen LogP contribution in [0, 0.1) is 20.8 Å². The minimum absolute atomic E-state index is 0.835. The Morgan fingerprint density at radius 1 is 1.09 bits per heavy atom. The Bertz CT molecular complexity index is 630. The van der Waals surface area contributed by atoms with Crippen molar-refractivity contribution >= 4 is 28.6 Å². The summed E-state index contributed by atoms with van der Waals surface area (Å²) >= 11 is 3.47. The van der Waals surface area contributed by atoms with Gasteiger partial charge in [0.05, 0.1) is 21.4 Å². The second kappa shape index (κ2) is 8.24. The molecule has 0 aromatic carbocycles. The molecule has 22 heavy (non-hydrogen) atoms. The highest BCUT2D eigenvalue weighted by Crippen LogP contribution is 2.16. The lowest BCUT2D eigenvalue weighted by molar-refractivity contribution is 0.778. The quantitative estimate of drug-likeness (QED) is 0.628. The number of nitrogens with zero attached hydrogens (tertiary/aromatic N) is 3. The summed E-state index contributed by atoms with van der Waals surface area (Å²) in [5.41, 5.74) is 2.28. The number of nitrogens with one attached hydrogen (secondary N) is 2. The average molecular weight is 338 g/mol. The minimum Gasteiger partial charge on any atom is -0.356 e. The van der Waals surface area contributed by atoms with Crippen molar-refractivity contribution < 1.29 is 0 Å². The van der Waals surface area contributed by atoms with Crippen LogP contribution >= 0.6 is 22.7 Å². The zero-order valence-electron chi connectivity index (χ0n) is 13.6. The number of aryl methyl sites for hydroxylation is 3. The third-order valence-electron chi connectivity index (χ3n) is 3.21. The summed E-state index contributed by atoms with van der Waals surface area (Å²) in [6.45, 7) is 7.85. The monoisotopic (exact) mass is 337 g/mol. The van der Waals surface area contributed by atoms with Crippen molar-refractivity contribution in [1.29, 1.82) is 0 Å². The van der Waals surface area contributed by atoms with Gasteiger partial charge in [-0.3, -0.25) is 4.99 Å². The van der Waals surface area contributed by atoms with Crippen LogP contribution in [0.25, 0.3) is 0 Å². The molecule has 2 rings (SSSR count). The van der Waals surface area contributed by atoms with Gasteiger partial charge in [-0.25, -0.2) is 9.97 Å². The molecule has 7 heteroatoms. The molecule has 2 aromatic heterocycles. The van der Waals surface area contributed by atoms with Crippen molar-refractivity contribution in [2.75, 3.05) is 20.1 Å². The zero-order valence-corrected chi connectivity index (χ0v) is 15.2. The van der Waals surface area contributed by atoms with Gasteiger partial charge in [0.2, 0.25) is 0 Å². The Morgan fingerprint density at radius 3 is 2.36 bits per heavy atom. The van der Waals surface area contributed by atoms with Gasteiger partial charge in [0.25, 0.3) is 0 Å². The lowest BCUT2D eigenvalue weighted by atomic mass is 10.3. The molecule has 0 atom stereocenters. The summed E-state index contributed by atoms with van der Waals surface area (Å²) < 4.78 is 0. The predicted molar refractivity (Wildman–Crippen MR) is 95.2 cm³/mol. The van der Waals surface area contributed by atoms with Crippen LogP contribution in [-0.4, -0.2) is 36.1 Å². The van der Waals surface area contributed by atoms with E-state index in [4.69, 9.17) is 0 Å². The van der Waals surface area contributed by atoms with Gasteiger partial charge in [-0.15, -0.1) is 22.7 Å². The summed E-state index contributed by atoms with van der Waals surface area (Å²) in [6.07, 6.45) is 1.89. The molecule has 0 saturated heterocycles. The van der Waals surface area contributed by atoms with Gasteiger partial charge in [-0.05, 0) is 20.8 Å². The molecule has 120 valence electrons. The van der Waals surface area contributed by atoms with Gasteiger partial charge in [0, 0.05) is 43.2 Å². The number of guanidine groups is 1. The lowest BCUT2D eigenvalue weighted by Crippen LogP contribution is -2.39. The molecule has 0 saturated carbocycles. The third kappa shape index (κ3) is 5.06. The van der Waals surface area contributed by atoms with Crippen LogP contribution in [0.3, 0.4) is 0 Å². The van der Waals surface area contributed by atoms with Crippen LogP contribution in [0.5, 0.6) is 0 Å². The lowest BCUT2D eigenvalue weighted by Gasteiger charge is -2.11. The van der Waals surface area contributed by atoms with Crippen molar-refractivity contribution in [3.8, 4) is 0 Å². The molecule has 0 fully saturated rings. The normalized spacial score (nSPS) is 11.7. The maximum atomic E-state index is 4.46. The molecule has 0 aliphatic heterocycles. The molecule has 0 unspecified atom stereocenters. The Balaban J connectivity index is 1.70. The van der Waals surface area contributed by atoms with Gasteiger partial charge < -0.3 is 10.6 Å². The maximum Gasteiger partial charge on any atom is 0.191 e. The van der Waals surface area contributed by atoms with Gasteiger partial charge in [-0.2, -0.15) is 0 Å². The van der Waals surface area contributed by atoms with Crippen LogP contribution in [0.2, 0.25) is 0 Å². The molecule has 0 aliphatic carbocycles. The summed E-state index contributed by atoms with van der Waals surface area (Å²) in [4.78, 5) is 14.5. The number of rotatable bonds is 6. The molecule has 2 N–H and O–H groups in total. The Morgan fingerprint density at radius 2 is 1.82 bits per heavy atom. The minimum atomic E-state index is 0.835. The SMILES string of the molecule is CN=C(NCCc1csc(C)n1)NCCc1sc(C)nc1C. The second-order valence-corrected chi connectivity index (χ2v) is 7.38. The molecule has 2 aromatic rings. The second-order valence-electron chi connectivity index (χ2n) is 5.03. The molecule has 0 aliphatic rings. The smallest absolute Gasteiger partial charge is 0.191 e. The average Bonchev–Trinajstić information content (AvgIpc) is 3.03. The standard InChI is InChI=1S/C15H23N5S2/c1-10-14(22-12(3)19-10)6-8-18-15(16-4)17-7-5-13-9-21-11(2)20-13/h9H,5-8H2,1-4H3,(H2,16,17,18). The van der Waals surface area contributed by atoms with Gasteiger partial charge in [0.1, 0.15) is 0 Å². The molecule has 0 bridgehead atoms. The fourth-order valence-corrected chi connectivity index (χ4v) is 3.74. The van der Waals surface area contributed by atoms with Crippen LogP contribution in [0.4, 0.5) is 0 Å². The van der Waals surface area contributed by atoms with Crippen molar-refractivity contribution in [2.24, 2.45) is 4.99 Å². The van der Waals surface area contributed by atoms with Gasteiger partial charge >= 0.3 is 0 Å². The van der Waals surface area contributed by atoms with E-state index < -0.39 is 0 Å². The zero-order chi connectivity index (χ0) is 15.9. The fourth-order valence-electron chi connectivity index (χ4n) is 2.15. The Hall–Kier alpha value is -1.47. The fraction of sp³-hybridized carbons (Fsp3) is 0.533. The molecule has 2 heterocycles. The number of aromatic nitrogens is 2. The highest BCUT2D eigenvalue weighted by Gasteiger charge is 2.05. The highest BCUT2D eigenvalue weighted by molar-refractivity contribution is 7.11. The van der Waals surface area contributed by atoms with Crippen LogP contribution < -0.4 is 10.6 Å². The molecule has 5 nitrogen and oxygen atoms in total. The largest absolute Gasteiger partial charge is 0.356 e. The van der Waals surface area contributed by atoms with E-state index in [-0.39, 0.29) is 0 Å². The van der Waals surface area contributed by atoms with E-state index in [1.807, 2.05) is 6.92 Å². The van der Waals surface area contributed by atoms with E-state index in [1.54, 1.807) is 29.7 Å². The van der Waals surface area contributed by atoms with E-state index in [2.05, 4.69) is 44.8 Å². The van der Waals surface area contributed by atoms with E-state index >= 15 is 0 Å². The van der Waals surface area contributed by atoms with Gasteiger partial charge in [0.15, 0.2) is 5.96 Å². The van der Waals surface area contributed by atoms with Crippen molar-refractivity contribution in [3.63, 3.8) is 0 Å². The topological polar surface area (TPSA) is 62.2 Å². The first-order chi connectivity index (χ1) is 10.6. The number of hydrogen-bond acceptors (Lipinski definition) is 5. The van der Waals surface area contributed by atoms with E-state index in [9.17, 15) is 0 Å². The van der Waals surface area contributed by atoms with Crippen molar-refractivity contribution in [2.45, 2.75) is 33.6 Å². The molecular formula is C15H23N5S2. The van der Waals surface area contributed by atoms with E-state index in [0.717, 1.165) is 53.3 Å². The van der Waals surface area contributed by atoms with Crippen molar-refractivity contribution in [1.82, 2.24) is 20.6 Å². The summed E-state index contributed by atoms with van der Waals surface area (Å²) in [7, 11) is 1.80. The number of hydrogen-bond donors (Lipinski definition) is 2. The number of thiazole rings is 2. The van der Waals surface area contributed by atoms with E-state index in [0.29, 0.717) is 0 Å². The van der Waals surface area contributed by atoms with Crippen LogP contribution in [-0.2, 0) is 12.8 Å². The first kappa shape index (κ1) is 16.9. The summed E-state index contributed by atoms with van der Waals surface area (Å²) in [6, 6.07) is 0. The predicted octanol–water partition coefficient (Wildman–Crippen LogP) is 2.48. The maximum absolute atomic E-state index is 4.46. The summed E-state index contributed by atoms with van der Waals surface area (Å²) in [5.74, 6) is 0.839. The molecular weight excluding hydrogens is 314 g/mol. The van der Waals surface area contributed by atoms with Crippen LogP contribution in [0.15, 0.2) is 10.4 Å². The van der Waals surface area contributed by atoms with Gasteiger partial charge in [-0.1, -0.05) is 0 Å².